The summed E-state index contributed by atoms with van der Waals surface area (Å²) >= 11 is 1.66. The SMILES string of the molecule is C=C(/C=C1\C=CN(CCCCS(=O)(=O)O)c2ccccc21)Sc1ccccc1C. The van der Waals surface area contributed by atoms with Crippen molar-refractivity contribution in [3.8, 4) is 0 Å². The number of anilines is 1. The zero-order valence-corrected chi connectivity index (χ0v) is 18.0. The minimum atomic E-state index is -3.90. The summed E-state index contributed by atoms with van der Waals surface area (Å²) in [6, 6.07) is 16.4. The lowest BCUT2D eigenvalue weighted by atomic mass is 9.99. The van der Waals surface area contributed by atoms with Crippen LogP contribution >= 0.6 is 11.8 Å². The lowest BCUT2D eigenvalue weighted by Gasteiger charge is -2.28. The van der Waals surface area contributed by atoms with Crippen molar-refractivity contribution in [3.63, 3.8) is 0 Å². The molecule has 0 saturated carbocycles. The largest absolute Gasteiger partial charge is 0.347 e. The molecule has 0 spiro atoms. The molecule has 2 aromatic carbocycles. The summed E-state index contributed by atoms with van der Waals surface area (Å²) in [4.78, 5) is 4.28. The molecule has 1 aliphatic rings. The van der Waals surface area contributed by atoms with Crippen LogP contribution in [0.25, 0.3) is 5.57 Å². The molecule has 0 saturated heterocycles. The molecule has 0 amide bonds. The smallest absolute Gasteiger partial charge is 0.264 e. The minimum Gasteiger partial charge on any atom is -0.347 e. The molecule has 0 aliphatic carbocycles. The molecule has 1 heterocycles. The Morgan fingerprint density at radius 2 is 1.86 bits per heavy atom. The van der Waals surface area contributed by atoms with Gasteiger partial charge < -0.3 is 4.90 Å². The monoisotopic (exact) mass is 427 g/mol. The zero-order chi connectivity index (χ0) is 20.9. The van der Waals surface area contributed by atoms with E-state index in [0.717, 1.165) is 21.7 Å². The number of aryl methyl sites for hydroxylation is 1. The first-order valence-electron chi connectivity index (χ1n) is 9.47. The maximum atomic E-state index is 10.9. The van der Waals surface area contributed by atoms with E-state index in [4.69, 9.17) is 4.55 Å². The molecule has 2 aromatic rings. The van der Waals surface area contributed by atoms with E-state index in [9.17, 15) is 8.42 Å². The lowest BCUT2D eigenvalue weighted by molar-refractivity contribution is 0.480. The van der Waals surface area contributed by atoms with E-state index in [1.54, 1.807) is 11.8 Å². The predicted molar refractivity (Wildman–Crippen MR) is 123 cm³/mol. The lowest BCUT2D eigenvalue weighted by Crippen LogP contribution is -2.21. The van der Waals surface area contributed by atoms with Crippen molar-refractivity contribution in [2.45, 2.75) is 24.7 Å². The molecule has 0 fully saturated rings. The number of hydrogen-bond donors (Lipinski definition) is 1. The van der Waals surface area contributed by atoms with Gasteiger partial charge in [-0.2, -0.15) is 8.42 Å². The molecule has 152 valence electrons. The fourth-order valence-corrected chi connectivity index (χ4v) is 4.62. The molecule has 0 radical (unpaired) electrons. The number of allylic oxidation sites excluding steroid dienone is 3. The summed E-state index contributed by atoms with van der Waals surface area (Å²) in [7, 11) is -3.90. The summed E-state index contributed by atoms with van der Waals surface area (Å²) in [6.07, 6.45) is 7.29. The van der Waals surface area contributed by atoms with Gasteiger partial charge in [0.1, 0.15) is 0 Å². The fourth-order valence-electron chi connectivity index (χ4n) is 3.21. The molecular formula is C23H25NO3S2. The van der Waals surface area contributed by atoms with E-state index in [2.05, 4.69) is 54.8 Å². The Hall–Kier alpha value is -2.28. The van der Waals surface area contributed by atoms with Crippen LogP contribution < -0.4 is 4.90 Å². The van der Waals surface area contributed by atoms with E-state index in [0.29, 0.717) is 19.4 Å². The molecule has 6 heteroatoms. The Balaban J connectivity index is 1.73. The van der Waals surface area contributed by atoms with Crippen molar-refractivity contribution in [1.82, 2.24) is 0 Å². The zero-order valence-electron chi connectivity index (χ0n) is 16.4. The van der Waals surface area contributed by atoms with Gasteiger partial charge >= 0.3 is 0 Å². The van der Waals surface area contributed by atoms with Gasteiger partial charge in [0, 0.05) is 33.8 Å². The van der Waals surface area contributed by atoms with Crippen LogP contribution in [-0.2, 0) is 10.1 Å². The molecule has 1 aliphatic heterocycles. The Morgan fingerprint density at radius 1 is 1.14 bits per heavy atom. The Bertz CT molecular complexity index is 1060. The van der Waals surface area contributed by atoms with Crippen LogP contribution in [0.15, 0.2) is 83.3 Å². The van der Waals surface area contributed by atoms with E-state index in [-0.39, 0.29) is 5.75 Å². The van der Waals surface area contributed by atoms with Crippen LogP contribution in [0.1, 0.15) is 24.0 Å². The van der Waals surface area contributed by atoms with E-state index in [1.807, 2.05) is 30.5 Å². The molecule has 0 atom stereocenters. The highest BCUT2D eigenvalue weighted by atomic mass is 32.2. The summed E-state index contributed by atoms with van der Waals surface area (Å²) in [6.45, 7) is 7.00. The van der Waals surface area contributed by atoms with Crippen molar-refractivity contribution < 1.29 is 13.0 Å². The summed E-state index contributed by atoms with van der Waals surface area (Å²) in [5.74, 6) is -0.201. The van der Waals surface area contributed by atoms with Crippen LogP contribution in [0.4, 0.5) is 5.69 Å². The predicted octanol–water partition coefficient (Wildman–Crippen LogP) is 5.69. The van der Waals surface area contributed by atoms with E-state index in [1.165, 1.54) is 10.5 Å². The maximum Gasteiger partial charge on any atom is 0.264 e. The molecule has 0 unspecified atom stereocenters. The molecular weight excluding hydrogens is 402 g/mol. The fraction of sp³-hybridized carbons (Fsp3) is 0.217. The molecule has 4 nitrogen and oxygen atoms in total. The van der Waals surface area contributed by atoms with E-state index < -0.39 is 10.1 Å². The topological polar surface area (TPSA) is 57.6 Å². The van der Waals surface area contributed by atoms with Crippen LogP contribution in [-0.4, -0.2) is 25.3 Å². The molecule has 0 bridgehead atoms. The van der Waals surface area contributed by atoms with Crippen LogP contribution in [0, 0.1) is 6.92 Å². The Kier molecular flexibility index (Phi) is 7.00. The second-order valence-corrected chi connectivity index (χ2v) is 9.69. The summed E-state index contributed by atoms with van der Waals surface area (Å²) in [5.41, 5.74) is 4.53. The second kappa shape index (κ2) is 9.48. The van der Waals surface area contributed by atoms with Crippen molar-refractivity contribution in [1.29, 1.82) is 0 Å². The highest BCUT2D eigenvalue weighted by Gasteiger charge is 2.16. The normalized spacial score (nSPS) is 14.8. The first-order valence-corrected chi connectivity index (χ1v) is 11.9. The number of fused-ring (bicyclic) bond motifs is 1. The highest BCUT2D eigenvalue weighted by Crippen LogP contribution is 2.36. The second-order valence-electron chi connectivity index (χ2n) is 6.95. The van der Waals surface area contributed by atoms with Crippen LogP contribution in [0.2, 0.25) is 0 Å². The maximum absolute atomic E-state index is 10.9. The highest BCUT2D eigenvalue weighted by molar-refractivity contribution is 8.03. The number of para-hydroxylation sites is 1. The Morgan fingerprint density at radius 3 is 2.62 bits per heavy atom. The third-order valence-corrected chi connectivity index (χ3v) is 6.52. The number of thioether (sulfide) groups is 1. The van der Waals surface area contributed by atoms with Gasteiger partial charge in [0.25, 0.3) is 10.1 Å². The van der Waals surface area contributed by atoms with Gasteiger partial charge in [0.05, 0.1) is 5.75 Å². The number of rotatable bonds is 8. The first-order chi connectivity index (χ1) is 13.8. The van der Waals surface area contributed by atoms with Gasteiger partial charge in [-0.05, 0) is 55.2 Å². The number of unbranched alkanes of at least 4 members (excludes halogenated alkanes) is 1. The molecule has 1 N–H and O–H groups in total. The van der Waals surface area contributed by atoms with Gasteiger partial charge in [0.15, 0.2) is 0 Å². The van der Waals surface area contributed by atoms with Crippen LogP contribution in [0.5, 0.6) is 0 Å². The average molecular weight is 428 g/mol. The molecule has 3 rings (SSSR count). The average Bonchev–Trinajstić information content (AvgIpc) is 2.67. The van der Waals surface area contributed by atoms with Gasteiger partial charge in [-0.1, -0.05) is 54.7 Å². The minimum absolute atomic E-state index is 0.201. The number of nitrogens with zero attached hydrogens (tertiary/aromatic N) is 1. The van der Waals surface area contributed by atoms with Gasteiger partial charge in [-0.25, -0.2) is 0 Å². The van der Waals surface area contributed by atoms with E-state index >= 15 is 0 Å². The summed E-state index contributed by atoms with van der Waals surface area (Å²) < 4.78 is 30.7. The number of hydrogen-bond acceptors (Lipinski definition) is 4. The number of benzene rings is 2. The van der Waals surface area contributed by atoms with Crippen molar-refractivity contribution in [2.75, 3.05) is 17.2 Å². The standard InChI is InChI=1S/C23H25NO3S2/c1-18-9-3-6-12-23(18)28-19(2)17-20-13-15-24(14-7-8-16-29(25,26)27)22-11-5-4-10-21(20)22/h3-6,9-13,15,17H,2,7-8,14,16H2,1H3,(H,25,26,27)/b20-17+. The molecule has 29 heavy (non-hydrogen) atoms. The Labute approximate surface area is 177 Å². The van der Waals surface area contributed by atoms with Crippen molar-refractivity contribution in [2.24, 2.45) is 0 Å². The van der Waals surface area contributed by atoms with Gasteiger partial charge in [-0.3, -0.25) is 4.55 Å². The first kappa shape index (κ1) is 21.4. The quantitative estimate of drug-likeness (QED) is 0.333. The van der Waals surface area contributed by atoms with Crippen molar-refractivity contribution in [3.05, 3.63) is 89.5 Å². The third kappa shape index (κ3) is 6.10. The van der Waals surface area contributed by atoms with Gasteiger partial charge in [-0.15, -0.1) is 0 Å². The third-order valence-electron chi connectivity index (χ3n) is 4.66. The molecule has 0 aromatic heterocycles. The summed E-state index contributed by atoms with van der Waals surface area (Å²) in [5, 5.41) is 0. The van der Waals surface area contributed by atoms with Gasteiger partial charge in [0.2, 0.25) is 0 Å². The van der Waals surface area contributed by atoms with Crippen molar-refractivity contribution >= 4 is 33.1 Å². The van der Waals surface area contributed by atoms with Crippen LogP contribution in [0.3, 0.4) is 0 Å².